The Morgan fingerprint density at radius 3 is 1.14 bits per heavy atom. The van der Waals surface area contributed by atoms with Crippen molar-refractivity contribution >= 4 is 14.5 Å². The average molecular weight is 354 g/mol. The van der Waals surface area contributed by atoms with Gasteiger partial charge in [0.15, 0.2) is 0 Å². The fourth-order valence-corrected chi connectivity index (χ4v) is 0. The zero-order valence-corrected chi connectivity index (χ0v) is 7.42. The normalized spacial score (nSPS) is 8.43. The number of hydrogen-bond donors (Lipinski definition) is 1. The van der Waals surface area contributed by atoms with E-state index in [-0.39, 0.29) is 28.5 Å². The Bertz CT molecular complexity index is 57.8. The Labute approximate surface area is 59.2 Å². The summed E-state index contributed by atoms with van der Waals surface area (Å²) in [7, 11) is 0. The largest absolute Gasteiger partial charge is 2.00 e. The van der Waals surface area contributed by atoms with E-state index in [9.17, 15) is 0 Å². The molecule has 0 saturated heterocycles. The first kappa shape index (κ1) is 15.7. The Morgan fingerprint density at radius 1 is 1.14 bits per heavy atom. The SMILES string of the molecule is O=[As]([O-])([O-])[O-].[Au+2].[NH4+]. The second-order valence-corrected chi connectivity index (χ2v) is 2.32. The number of quaternary nitrogens is 1. The molecular weight excluding hydrogens is 350 g/mol. The smallest absolute Gasteiger partial charge is 0.369 e. The third-order valence-corrected chi connectivity index (χ3v) is 0. The van der Waals surface area contributed by atoms with Crippen LogP contribution < -0.4 is 18.4 Å². The van der Waals surface area contributed by atoms with E-state index in [2.05, 4.69) is 0 Å². The van der Waals surface area contributed by atoms with E-state index in [1.54, 1.807) is 0 Å². The summed E-state index contributed by atoms with van der Waals surface area (Å²) in [6.45, 7) is 0. The Kier molecular flexibility index (Phi) is 11.4. The molecule has 4 N–H and O–H groups in total. The maximum atomic E-state index is 8.61. The van der Waals surface area contributed by atoms with Gasteiger partial charge in [-0.05, 0) is 0 Å². The molecule has 49 valence electrons. The molecule has 0 saturated carbocycles. The third kappa shape index (κ3) is 192. The van der Waals surface area contributed by atoms with E-state index in [1.807, 2.05) is 0 Å². The van der Waals surface area contributed by atoms with E-state index in [4.69, 9.17) is 16.0 Å². The molecule has 0 unspecified atom stereocenters. The van der Waals surface area contributed by atoms with Crippen LogP contribution in [0.4, 0.5) is 0 Å². The summed E-state index contributed by atoms with van der Waals surface area (Å²) >= 11 is -5.88. The molecule has 0 aromatic rings. The second kappa shape index (κ2) is 5.08. The van der Waals surface area contributed by atoms with Crippen molar-refractivity contribution in [2.45, 2.75) is 0 Å². The predicted octanol–water partition coefficient (Wildman–Crippen LogP) is -3.69. The fourth-order valence-electron chi connectivity index (χ4n) is 0. The second-order valence-electron chi connectivity index (χ2n) is 0.447. The van der Waals surface area contributed by atoms with E-state index < -0.39 is 14.5 Å². The molecule has 0 aliphatic heterocycles. The molecule has 0 rings (SSSR count). The molecule has 0 aliphatic rings. The van der Waals surface area contributed by atoms with Gasteiger partial charge in [-0.3, -0.25) is 0 Å². The topological polar surface area (TPSA) is 123 Å². The van der Waals surface area contributed by atoms with Gasteiger partial charge in [-0.15, -0.1) is 0 Å². The van der Waals surface area contributed by atoms with Crippen LogP contribution >= 0.6 is 0 Å². The number of rotatable bonds is 0. The first-order valence-electron chi connectivity index (χ1n) is 0.730. The molecule has 0 fully saturated rings. The van der Waals surface area contributed by atoms with Gasteiger partial charge in [-0.2, -0.15) is 0 Å². The minimum Gasteiger partial charge on any atom is -0.369 e. The Morgan fingerprint density at radius 2 is 1.14 bits per heavy atom. The van der Waals surface area contributed by atoms with Gasteiger partial charge >= 0.3 is 52.9 Å². The summed E-state index contributed by atoms with van der Waals surface area (Å²) in [4.78, 5) is 0. The van der Waals surface area contributed by atoms with Crippen molar-refractivity contribution in [2.75, 3.05) is 0 Å². The van der Waals surface area contributed by atoms with Gasteiger partial charge in [0.05, 0.1) is 0 Å². The molecule has 1 radical (unpaired) electrons. The molecule has 7 heteroatoms. The zero-order chi connectivity index (χ0) is 4.50. The van der Waals surface area contributed by atoms with Crippen LogP contribution in [0.3, 0.4) is 0 Å². The van der Waals surface area contributed by atoms with E-state index in [0.717, 1.165) is 0 Å². The van der Waals surface area contributed by atoms with Gasteiger partial charge in [0, 0.05) is 0 Å². The van der Waals surface area contributed by atoms with Crippen LogP contribution in [0.25, 0.3) is 0 Å². The van der Waals surface area contributed by atoms with Crippen molar-refractivity contribution in [2.24, 2.45) is 0 Å². The molecule has 0 aromatic carbocycles. The summed E-state index contributed by atoms with van der Waals surface area (Å²) in [6, 6.07) is 0. The van der Waals surface area contributed by atoms with Crippen molar-refractivity contribution in [3.05, 3.63) is 0 Å². The average Bonchev–Trinajstić information content (AvgIpc) is 0.722. The Hall–Kier alpha value is 0.939. The van der Waals surface area contributed by atoms with E-state index in [0.29, 0.717) is 0 Å². The fraction of sp³-hybridized carbons (Fsp3) is 0. The number of hydrogen-bond acceptors (Lipinski definition) is 4. The van der Waals surface area contributed by atoms with Gasteiger partial charge in [0.1, 0.15) is 0 Å². The summed E-state index contributed by atoms with van der Waals surface area (Å²) < 4.78 is 34.4. The van der Waals surface area contributed by atoms with Crippen LogP contribution in [0.1, 0.15) is 0 Å². The Balaban J connectivity index is -0.0000000800. The monoisotopic (exact) mass is 354 g/mol. The molecule has 5 nitrogen and oxygen atoms in total. The van der Waals surface area contributed by atoms with Gasteiger partial charge in [0.2, 0.25) is 0 Å². The maximum absolute atomic E-state index is 8.61. The van der Waals surface area contributed by atoms with Crippen LogP contribution in [0.2, 0.25) is 0 Å². The summed E-state index contributed by atoms with van der Waals surface area (Å²) in [5.41, 5.74) is 0. The predicted molar refractivity (Wildman–Crippen MR) is 12.4 cm³/mol. The van der Waals surface area contributed by atoms with Crippen LogP contribution in [-0.4, -0.2) is 14.5 Å². The van der Waals surface area contributed by atoms with E-state index in [1.165, 1.54) is 0 Å². The molecule has 0 aliphatic carbocycles. The first-order chi connectivity index (χ1) is 2.00. The van der Waals surface area contributed by atoms with Crippen LogP contribution in [-0.2, 0) is 26.1 Å². The molecule has 0 amide bonds. The zero-order valence-electron chi connectivity index (χ0n) is 3.38. The summed E-state index contributed by atoms with van der Waals surface area (Å²) in [5.74, 6) is 0. The van der Waals surface area contributed by atoms with Crippen LogP contribution in [0, 0.1) is 0 Å². The van der Waals surface area contributed by atoms with E-state index >= 15 is 0 Å². The minimum absolute atomic E-state index is 0. The summed E-state index contributed by atoms with van der Waals surface area (Å²) in [5, 5.41) is 0. The molecule has 0 bridgehead atoms. The third-order valence-electron chi connectivity index (χ3n) is 0. The van der Waals surface area contributed by atoms with Crippen molar-refractivity contribution in [3.8, 4) is 0 Å². The van der Waals surface area contributed by atoms with Gasteiger partial charge < -0.3 is 6.15 Å². The van der Waals surface area contributed by atoms with Crippen molar-refractivity contribution in [1.82, 2.24) is 6.15 Å². The minimum atomic E-state index is -5.88. The summed E-state index contributed by atoms with van der Waals surface area (Å²) in [6.07, 6.45) is 0. The van der Waals surface area contributed by atoms with Crippen molar-refractivity contribution in [3.63, 3.8) is 0 Å². The van der Waals surface area contributed by atoms with Gasteiger partial charge in [0.25, 0.3) is 0 Å². The maximum Gasteiger partial charge on any atom is 2.00 e. The molecule has 0 atom stereocenters. The van der Waals surface area contributed by atoms with Crippen molar-refractivity contribution in [1.29, 1.82) is 0 Å². The first-order valence-corrected chi connectivity index (χ1v) is 3.79. The van der Waals surface area contributed by atoms with Crippen LogP contribution in [0.5, 0.6) is 0 Å². The van der Waals surface area contributed by atoms with Gasteiger partial charge in [-0.1, -0.05) is 0 Å². The quantitative estimate of drug-likeness (QED) is 0.450. The molecule has 0 aromatic heterocycles. The molecule has 0 heterocycles. The standard InChI is InChI=1S/AsH3O4.Au.H3N/c2-1(3,4)5;;/h(H3,2,3,4,5);;1H3/q;+2;/p-2. The van der Waals surface area contributed by atoms with Crippen LogP contribution in [0.15, 0.2) is 0 Å². The van der Waals surface area contributed by atoms with Crippen molar-refractivity contribution < 1.29 is 38.4 Å². The molecule has 7 heavy (non-hydrogen) atoms. The molecular formula is H4AsAuNO4. The molecule has 0 spiro atoms. The van der Waals surface area contributed by atoms with Gasteiger partial charge in [-0.25, -0.2) is 0 Å².